The predicted octanol–water partition coefficient (Wildman–Crippen LogP) is 3.36. The summed E-state index contributed by atoms with van der Waals surface area (Å²) in [5.74, 6) is -0.189. The first kappa shape index (κ1) is 20.3. The van der Waals surface area contributed by atoms with Crippen LogP contribution in [0.5, 0.6) is 0 Å². The van der Waals surface area contributed by atoms with Crippen molar-refractivity contribution in [3.63, 3.8) is 0 Å². The highest BCUT2D eigenvalue weighted by Gasteiger charge is 2.17. The number of amides is 1. The van der Waals surface area contributed by atoms with Crippen molar-refractivity contribution in [3.05, 3.63) is 89.3 Å². The van der Waals surface area contributed by atoms with E-state index in [1.54, 1.807) is 11.4 Å². The van der Waals surface area contributed by atoms with Crippen LogP contribution in [0.15, 0.2) is 82.4 Å². The number of sulfonamides is 1. The summed E-state index contributed by atoms with van der Waals surface area (Å²) in [7, 11) is -3.63. The Bertz CT molecular complexity index is 934. The van der Waals surface area contributed by atoms with E-state index < -0.39 is 10.0 Å². The van der Waals surface area contributed by atoms with Gasteiger partial charge in [0.1, 0.15) is 4.21 Å². The van der Waals surface area contributed by atoms with Gasteiger partial charge in [-0.15, -0.1) is 11.3 Å². The van der Waals surface area contributed by atoms with Crippen LogP contribution in [0.4, 0.5) is 0 Å². The van der Waals surface area contributed by atoms with Crippen molar-refractivity contribution in [1.82, 2.24) is 10.0 Å². The summed E-state index contributed by atoms with van der Waals surface area (Å²) in [6.45, 7) is 0.176. The third-order valence-corrected chi connectivity index (χ3v) is 7.14. The standard InChI is InChI=1S/C21H22N2O3S2/c24-20(16-23-28(25,26)21-12-7-15-27-21)22-14-13-19(17-8-3-1-4-9-17)18-10-5-2-6-11-18/h1-12,15,19,23H,13-14,16H2,(H,22,24). The van der Waals surface area contributed by atoms with Gasteiger partial charge in [0.25, 0.3) is 10.0 Å². The maximum Gasteiger partial charge on any atom is 0.250 e. The molecule has 1 amide bonds. The Kier molecular flexibility index (Phi) is 6.97. The van der Waals surface area contributed by atoms with Crippen LogP contribution in [0.3, 0.4) is 0 Å². The second-order valence-electron chi connectivity index (χ2n) is 6.27. The lowest BCUT2D eigenvalue weighted by atomic mass is 9.88. The first-order chi connectivity index (χ1) is 13.6. The summed E-state index contributed by atoms with van der Waals surface area (Å²) in [4.78, 5) is 12.1. The molecule has 0 bridgehead atoms. The van der Waals surface area contributed by atoms with Crippen molar-refractivity contribution >= 4 is 27.3 Å². The van der Waals surface area contributed by atoms with E-state index in [4.69, 9.17) is 0 Å². The molecule has 0 saturated carbocycles. The van der Waals surface area contributed by atoms with Gasteiger partial charge in [-0.1, -0.05) is 66.7 Å². The van der Waals surface area contributed by atoms with Crippen molar-refractivity contribution in [3.8, 4) is 0 Å². The number of hydrogen-bond acceptors (Lipinski definition) is 4. The van der Waals surface area contributed by atoms with Crippen molar-refractivity contribution in [2.75, 3.05) is 13.1 Å². The molecule has 2 N–H and O–H groups in total. The lowest BCUT2D eigenvalue weighted by molar-refractivity contribution is -0.119. The molecule has 0 unspecified atom stereocenters. The van der Waals surface area contributed by atoms with E-state index in [1.165, 1.54) is 17.2 Å². The van der Waals surface area contributed by atoms with Crippen LogP contribution in [0, 0.1) is 0 Å². The number of carbonyl (C=O) groups is 1. The molecule has 0 aliphatic heterocycles. The minimum atomic E-state index is -3.63. The molecule has 146 valence electrons. The van der Waals surface area contributed by atoms with Crippen LogP contribution in [0.2, 0.25) is 0 Å². The van der Waals surface area contributed by atoms with Crippen LogP contribution in [-0.4, -0.2) is 27.4 Å². The molecule has 1 aromatic heterocycles. The van der Waals surface area contributed by atoms with Gasteiger partial charge in [0, 0.05) is 12.5 Å². The molecular formula is C21H22N2O3S2. The van der Waals surface area contributed by atoms with Crippen LogP contribution in [0.25, 0.3) is 0 Å². The Hall–Kier alpha value is -2.48. The van der Waals surface area contributed by atoms with Gasteiger partial charge in [-0.3, -0.25) is 4.79 Å². The van der Waals surface area contributed by atoms with Crippen LogP contribution >= 0.6 is 11.3 Å². The predicted molar refractivity (Wildman–Crippen MR) is 112 cm³/mol. The minimum absolute atomic E-state index is 0.158. The van der Waals surface area contributed by atoms with E-state index in [0.717, 1.165) is 17.8 Å². The van der Waals surface area contributed by atoms with Gasteiger partial charge in [0.15, 0.2) is 0 Å². The number of benzene rings is 2. The van der Waals surface area contributed by atoms with E-state index >= 15 is 0 Å². The van der Waals surface area contributed by atoms with Gasteiger partial charge >= 0.3 is 0 Å². The summed E-state index contributed by atoms with van der Waals surface area (Å²) in [5.41, 5.74) is 2.36. The summed E-state index contributed by atoms with van der Waals surface area (Å²) in [5, 5.41) is 4.49. The summed E-state index contributed by atoms with van der Waals surface area (Å²) >= 11 is 1.12. The van der Waals surface area contributed by atoms with E-state index in [1.807, 2.05) is 36.4 Å². The zero-order valence-corrected chi connectivity index (χ0v) is 16.9. The normalized spacial score (nSPS) is 11.5. The highest BCUT2D eigenvalue weighted by Crippen LogP contribution is 2.27. The zero-order chi connectivity index (χ0) is 19.8. The largest absolute Gasteiger partial charge is 0.355 e. The minimum Gasteiger partial charge on any atom is -0.355 e. The van der Waals surface area contributed by atoms with Gasteiger partial charge in [-0.05, 0) is 29.0 Å². The lowest BCUT2D eigenvalue weighted by Gasteiger charge is -2.18. The third-order valence-electron chi connectivity index (χ3n) is 4.34. The molecular weight excluding hydrogens is 392 g/mol. The van der Waals surface area contributed by atoms with Gasteiger partial charge in [-0.25, -0.2) is 13.1 Å². The van der Waals surface area contributed by atoms with Crippen molar-refractivity contribution in [2.45, 2.75) is 16.5 Å². The van der Waals surface area contributed by atoms with E-state index in [0.29, 0.717) is 6.54 Å². The second-order valence-corrected chi connectivity index (χ2v) is 9.21. The summed E-state index contributed by atoms with van der Waals surface area (Å²) in [6.07, 6.45) is 0.720. The molecule has 0 atom stereocenters. The molecule has 2 aromatic carbocycles. The fourth-order valence-electron chi connectivity index (χ4n) is 2.96. The molecule has 0 aliphatic carbocycles. The Morgan fingerprint density at radius 1 is 0.893 bits per heavy atom. The molecule has 0 spiro atoms. The lowest BCUT2D eigenvalue weighted by Crippen LogP contribution is -2.37. The zero-order valence-electron chi connectivity index (χ0n) is 15.2. The quantitative estimate of drug-likeness (QED) is 0.564. The number of rotatable bonds is 9. The summed E-state index contributed by atoms with van der Waals surface area (Å²) in [6, 6.07) is 23.5. The summed E-state index contributed by atoms with van der Waals surface area (Å²) < 4.78 is 26.7. The highest BCUT2D eigenvalue weighted by atomic mass is 32.2. The monoisotopic (exact) mass is 414 g/mol. The Morgan fingerprint density at radius 3 is 2.04 bits per heavy atom. The molecule has 7 heteroatoms. The van der Waals surface area contributed by atoms with Gasteiger partial charge in [-0.2, -0.15) is 0 Å². The van der Waals surface area contributed by atoms with Crippen molar-refractivity contribution in [1.29, 1.82) is 0 Å². The third kappa shape index (κ3) is 5.51. The molecule has 3 rings (SSSR count). The highest BCUT2D eigenvalue weighted by molar-refractivity contribution is 7.91. The average Bonchev–Trinajstić information content (AvgIpc) is 3.27. The number of thiophene rings is 1. The first-order valence-corrected chi connectivity index (χ1v) is 11.3. The molecule has 0 radical (unpaired) electrons. The first-order valence-electron chi connectivity index (χ1n) is 8.96. The fraction of sp³-hybridized carbons (Fsp3) is 0.190. The van der Waals surface area contributed by atoms with Gasteiger partial charge in [0.05, 0.1) is 6.54 Å². The number of hydrogen-bond donors (Lipinski definition) is 2. The fourth-order valence-corrected chi connectivity index (χ4v) is 4.98. The van der Waals surface area contributed by atoms with Crippen molar-refractivity contribution in [2.24, 2.45) is 0 Å². The molecule has 1 heterocycles. The maximum atomic E-state index is 12.1. The topological polar surface area (TPSA) is 75.3 Å². The molecule has 0 fully saturated rings. The molecule has 5 nitrogen and oxygen atoms in total. The smallest absolute Gasteiger partial charge is 0.250 e. The Labute approximate surface area is 169 Å². The maximum absolute atomic E-state index is 12.1. The second kappa shape index (κ2) is 9.64. The molecule has 0 aliphatic rings. The van der Waals surface area contributed by atoms with E-state index in [9.17, 15) is 13.2 Å². The van der Waals surface area contributed by atoms with E-state index in [2.05, 4.69) is 34.3 Å². The SMILES string of the molecule is O=C(CNS(=O)(=O)c1cccs1)NCCC(c1ccccc1)c1ccccc1. The molecule has 3 aromatic rings. The van der Waals surface area contributed by atoms with Crippen LogP contribution in [0.1, 0.15) is 23.5 Å². The Morgan fingerprint density at radius 2 is 1.50 bits per heavy atom. The van der Waals surface area contributed by atoms with Crippen LogP contribution < -0.4 is 10.0 Å². The molecule has 0 saturated heterocycles. The van der Waals surface area contributed by atoms with Crippen molar-refractivity contribution < 1.29 is 13.2 Å². The average molecular weight is 415 g/mol. The molecule has 28 heavy (non-hydrogen) atoms. The Balaban J connectivity index is 1.55. The van der Waals surface area contributed by atoms with Gasteiger partial charge < -0.3 is 5.32 Å². The van der Waals surface area contributed by atoms with E-state index in [-0.39, 0.29) is 22.6 Å². The number of nitrogens with one attached hydrogen (secondary N) is 2. The number of carbonyl (C=O) groups excluding carboxylic acids is 1. The van der Waals surface area contributed by atoms with Gasteiger partial charge in [0.2, 0.25) is 5.91 Å². The van der Waals surface area contributed by atoms with Crippen LogP contribution in [-0.2, 0) is 14.8 Å².